The lowest BCUT2D eigenvalue weighted by Crippen LogP contribution is -2.33. The third-order valence-corrected chi connectivity index (χ3v) is 3.56. The summed E-state index contributed by atoms with van der Waals surface area (Å²) in [5.74, 6) is -1.10. The average Bonchev–Trinajstić information content (AvgIpc) is 2.64. The Balaban J connectivity index is 2.14. The molecule has 1 aliphatic carbocycles. The maximum absolute atomic E-state index is 11.3. The van der Waals surface area contributed by atoms with Crippen molar-refractivity contribution in [2.45, 2.75) is 38.1 Å². The highest BCUT2D eigenvalue weighted by Gasteiger charge is 2.29. The molecule has 5 heteroatoms. The monoisotopic (exact) mass is 259 g/mol. The van der Waals surface area contributed by atoms with E-state index in [2.05, 4.69) is 10.3 Å². The lowest BCUT2D eigenvalue weighted by atomic mass is 9.94. The van der Waals surface area contributed by atoms with Crippen LogP contribution in [0.4, 0.5) is 5.69 Å². The first-order valence-electron chi connectivity index (χ1n) is 6.56. The molecule has 2 rings (SSSR count). The van der Waals surface area contributed by atoms with Crippen molar-refractivity contribution in [2.75, 3.05) is 5.32 Å². The van der Waals surface area contributed by atoms with Crippen molar-refractivity contribution in [1.82, 2.24) is 4.98 Å². The topological polar surface area (TPSA) is 86.0 Å². The molecule has 1 heterocycles. The van der Waals surface area contributed by atoms with Gasteiger partial charge in [-0.2, -0.15) is 5.26 Å². The highest BCUT2D eigenvalue weighted by atomic mass is 16.4. The number of aromatic nitrogens is 1. The molecule has 1 aliphatic rings. The van der Waals surface area contributed by atoms with Gasteiger partial charge in [0.1, 0.15) is 11.8 Å². The minimum absolute atomic E-state index is 0.0751. The standard InChI is InChI=1S/C14H17N3O2/c15-9-11-8-10(6-7-16-11)17-13-5-3-1-2-4-12(13)14(18)19/h6-8,12-13H,1-5H2,(H,16,17)(H,18,19). The molecule has 19 heavy (non-hydrogen) atoms. The van der Waals surface area contributed by atoms with Crippen LogP contribution in [-0.2, 0) is 4.79 Å². The summed E-state index contributed by atoms with van der Waals surface area (Å²) in [5, 5.41) is 21.4. The van der Waals surface area contributed by atoms with Crippen LogP contribution < -0.4 is 5.32 Å². The van der Waals surface area contributed by atoms with Gasteiger partial charge in [0.05, 0.1) is 5.92 Å². The molecule has 1 saturated carbocycles. The molecule has 1 aromatic heterocycles. The molecule has 100 valence electrons. The van der Waals surface area contributed by atoms with Crippen LogP contribution in [0.2, 0.25) is 0 Å². The summed E-state index contributed by atoms with van der Waals surface area (Å²) in [4.78, 5) is 15.2. The molecule has 2 unspecified atom stereocenters. The van der Waals surface area contributed by atoms with Gasteiger partial charge in [0.15, 0.2) is 0 Å². The Kier molecular flexibility index (Phi) is 4.35. The molecule has 2 atom stereocenters. The number of nitriles is 1. The molecule has 0 aliphatic heterocycles. The number of nitrogens with one attached hydrogen (secondary N) is 1. The summed E-state index contributed by atoms with van der Waals surface area (Å²) in [6.07, 6.45) is 6.21. The Labute approximate surface area is 112 Å². The largest absolute Gasteiger partial charge is 0.481 e. The van der Waals surface area contributed by atoms with E-state index < -0.39 is 5.97 Å². The fraction of sp³-hybridized carbons (Fsp3) is 0.500. The molecule has 5 nitrogen and oxygen atoms in total. The number of anilines is 1. The second-order valence-electron chi connectivity index (χ2n) is 4.88. The number of nitrogens with zero attached hydrogens (tertiary/aromatic N) is 2. The van der Waals surface area contributed by atoms with Crippen LogP contribution in [0, 0.1) is 17.2 Å². The van der Waals surface area contributed by atoms with Gasteiger partial charge in [-0.15, -0.1) is 0 Å². The van der Waals surface area contributed by atoms with Gasteiger partial charge in [-0.1, -0.05) is 19.3 Å². The summed E-state index contributed by atoms with van der Waals surface area (Å²) in [6.45, 7) is 0. The molecule has 1 aromatic rings. The van der Waals surface area contributed by atoms with Crippen LogP contribution in [0.1, 0.15) is 37.8 Å². The molecule has 0 aromatic carbocycles. The highest BCUT2D eigenvalue weighted by Crippen LogP contribution is 2.26. The number of rotatable bonds is 3. The van der Waals surface area contributed by atoms with Crippen molar-refractivity contribution in [3.8, 4) is 6.07 Å². The zero-order chi connectivity index (χ0) is 13.7. The van der Waals surface area contributed by atoms with Crippen LogP contribution in [0.5, 0.6) is 0 Å². The van der Waals surface area contributed by atoms with E-state index in [1.807, 2.05) is 6.07 Å². The van der Waals surface area contributed by atoms with Gasteiger partial charge in [-0.3, -0.25) is 4.79 Å². The van der Waals surface area contributed by atoms with Gasteiger partial charge < -0.3 is 10.4 Å². The summed E-state index contributed by atoms with van der Waals surface area (Å²) in [5.41, 5.74) is 1.11. The van der Waals surface area contributed by atoms with Gasteiger partial charge in [0.2, 0.25) is 0 Å². The molecule has 0 saturated heterocycles. The third kappa shape index (κ3) is 3.44. The second kappa shape index (κ2) is 6.19. The lowest BCUT2D eigenvalue weighted by Gasteiger charge is -2.23. The molecule has 0 radical (unpaired) electrons. The Morgan fingerprint density at radius 3 is 2.95 bits per heavy atom. The highest BCUT2D eigenvalue weighted by molar-refractivity contribution is 5.71. The predicted octanol–water partition coefficient (Wildman–Crippen LogP) is 2.40. The van der Waals surface area contributed by atoms with E-state index in [0.29, 0.717) is 12.1 Å². The molecule has 1 fully saturated rings. The number of carbonyl (C=O) groups is 1. The Hall–Kier alpha value is -2.09. The SMILES string of the molecule is N#Cc1cc(NC2CCCCCC2C(=O)O)ccn1. The summed E-state index contributed by atoms with van der Waals surface area (Å²) < 4.78 is 0. The maximum Gasteiger partial charge on any atom is 0.308 e. The molecule has 0 bridgehead atoms. The van der Waals surface area contributed by atoms with E-state index in [-0.39, 0.29) is 12.0 Å². The smallest absolute Gasteiger partial charge is 0.308 e. The predicted molar refractivity (Wildman–Crippen MR) is 70.6 cm³/mol. The van der Waals surface area contributed by atoms with E-state index in [0.717, 1.165) is 31.4 Å². The first-order valence-corrected chi connectivity index (χ1v) is 6.56. The van der Waals surface area contributed by atoms with Gasteiger partial charge >= 0.3 is 5.97 Å². The quantitative estimate of drug-likeness (QED) is 0.814. The van der Waals surface area contributed by atoms with Crippen molar-refractivity contribution in [3.05, 3.63) is 24.0 Å². The number of hydrogen-bond donors (Lipinski definition) is 2. The number of carboxylic acids is 1. The maximum atomic E-state index is 11.3. The van der Waals surface area contributed by atoms with E-state index >= 15 is 0 Å². The number of aliphatic carboxylic acids is 1. The van der Waals surface area contributed by atoms with E-state index in [4.69, 9.17) is 5.26 Å². The van der Waals surface area contributed by atoms with Gasteiger partial charge in [-0.25, -0.2) is 4.98 Å². The zero-order valence-corrected chi connectivity index (χ0v) is 10.7. The summed E-state index contributed by atoms with van der Waals surface area (Å²) in [6, 6.07) is 5.33. The Morgan fingerprint density at radius 1 is 1.42 bits per heavy atom. The third-order valence-electron chi connectivity index (χ3n) is 3.56. The van der Waals surface area contributed by atoms with Gasteiger partial charge in [0, 0.05) is 17.9 Å². The van der Waals surface area contributed by atoms with E-state index in [9.17, 15) is 9.90 Å². The number of pyridine rings is 1. The van der Waals surface area contributed by atoms with Crippen LogP contribution in [0.15, 0.2) is 18.3 Å². The normalized spacial score (nSPS) is 23.1. The number of carboxylic acid groups (broad SMARTS) is 1. The fourth-order valence-electron chi connectivity index (χ4n) is 2.57. The van der Waals surface area contributed by atoms with Gasteiger partial charge in [-0.05, 0) is 25.0 Å². The van der Waals surface area contributed by atoms with Crippen LogP contribution in [-0.4, -0.2) is 22.1 Å². The molecule has 2 N–H and O–H groups in total. The van der Waals surface area contributed by atoms with Crippen molar-refractivity contribution in [2.24, 2.45) is 5.92 Å². The van der Waals surface area contributed by atoms with Crippen LogP contribution in [0.3, 0.4) is 0 Å². The minimum atomic E-state index is -0.742. The van der Waals surface area contributed by atoms with Crippen molar-refractivity contribution in [1.29, 1.82) is 5.26 Å². The first kappa shape index (κ1) is 13.3. The van der Waals surface area contributed by atoms with E-state index in [1.165, 1.54) is 0 Å². The molecular formula is C14H17N3O2. The molecule has 0 amide bonds. The fourth-order valence-corrected chi connectivity index (χ4v) is 2.57. The van der Waals surface area contributed by atoms with Crippen LogP contribution >= 0.6 is 0 Å². The van der Waals surface area contributed by atoms with Crippen molar-refractivity contribution >= 4 is 11.7 Å². The second-order valence-corrected chi connectivity index (χ2v) is 4.88. The van der Waals surface area contributed by atoms with Crippen LogP contribution in [0.25, 0.3) is 0 Å². The Morgan fingerprint density at radius 2 is 2.21 bits per heavy atom. The molecular weight excluding hydrogens is 242 g/mol. The van der Waals surface area contributed by atoms with E-state index in [1.54, 1.807) is 18.3 Å². The first-order chi connectivity index (χ1) is 9.20. The lowest BCUT2D eigenvalue weighted by molar-refractivity contribution is -0.142. The minimum Gasteiger partial charge on any atom is -0.481 e. The summed E-state index contributed by atoms with van der Waals surface area (Å²) >= 11 is 0. The molecule has 0 spiro atoms. The average molecular weight is 259 g/mol. The Bertz CT molecular complexity index is 496. The van der Waals surface area contributed by atoms with Crippen molar-refractivity contribution in [3.63, 3.8) is 0 Å². The zero-order valence-electron chi connectivity index (χ0n) is 10.7. The number of hydrogen-bond acceptors (Lipinski definition) is 4. The van der Waals surface area contributed by atoms with Gasteiger partial charge in [0.25, 0.3) is 0 Å². The summed E-state index contributed by atoms with van der Waals surface area (Å²) in [7, 11) is 0. The van der Waals surface area contributed by atoms with Crippen molar-refractivity contribution < 1.29 is 9.90 Å².